The number of benzene rings is 4. The molecule has 43 heavy (non-hydrogen) atoms. The van der Waals surface area contributed by atoms with Crippen molar-refractivity contribution in [2.75, 3.05) is 0 Å². The van der Waals surface area contributed by atoms with E-state index in [0.29, 0.717) is 5.41 Å². The van der Waals surface area contributed by atoms with Gasteiger partial charge in [0, 0.05) is 0 Å². The first-order valence-electron chi connectivity index (χ1n) is 14.2. The Morgan fingerprint density at radius 2 is 1.16 bits per heavy atom. The summed E-state index contributed by atoms with van der Waals surface area (Å²) in [4.78, 5) is 36.6. The summed E-state index contributed by atoms with van der Waals surface area (Å²) in [7, 11) is -1.46. The Balaban J connectivity index is 0.000000208. The predicted octanol–water partition coefficient (Wildman–Crippen LogP) is 6.06. The van der Waals surface area contributed by atoms with Crippen LogP contribution in [0.3, 0.4) is 0 Å². The summed E-state index contributed by atoms with van der Waals surface area (Å²) in [5.41, 5.74) is 1.65. The summed E-state index contributed by atoms with van der Waals surface area (Å²) in [6.45, 7) is 4.77. The third-order valence-corrected chi connectivity index (χ3v) is 18.5. The molecule has 213 valence electrons. The summed E-state index contributed by atoms with van der Waals surface area (Å²) >= 11 is -1.45. The molecule has 1 aliphatic rings. The first-order valence-corrected chi connectivity index (χ1v) is 22.1. The summed E-state index contributed by atoms with van der Waals surface area (Å²) in [5, 5.41) is 2.20. The zero-order valence-corrected chi connectivity index (χ0v) is 28.6. The molecule has 0 amide bonds. The fourth-order valence-corrected chi connectivity index (χ4v) is 15.5. The topological polar surface area (TPSA) is 51.2 Å². The van der Waals surface area contributed by atoms with Gasteiger partial charge in [0.25, 0.3) is 0 Å². The van der Waals surface area contributed by atoms with E-state index in [0.717, 1.165) is 10.6 Å². The molecule has 4 aromatic rings. The zero-order chi connectivity index (χ0) is 30.7. The molecule has 0 heterocycles. The Labute approximate surface area is 262 Å². The Bertz CT molecular complexity index is 1640. The van der Waals surface area contributed by atoms with Crippen LogP contribution in [0.4, 0.5) is 0 Å². The average Bonchev–Trinajstić information content (AvgIpc) is 3.06. The van der Waals surface area contributed by atoms with Crippen LogP contribution < -0.4 is 14.2 Å². The third-order valence-electron chi connectivity index (χ3n) is 7.64. The van der Waals surface area contributed by atoms with Gasteiger partial charge in [-0.05, 0) is 36.4 Å². The summed E-state index contributed by atoms with van der Waals surface area (Å²) in [5.74, 6) is 5.31. The van der Waals surface area contributed by atoms with E-state index in [1.54, 1.807) is 27.6 Å². The fourth-order valence-electron chi connectivity index (χ4n) is 5.46. The molecule has 0 aromatic heterocycles. The molecule has 0 bridgehead atoms. The molecular formula is C38H35O3PSn+. The third kappa shape index (κ3) is 8.19. The van der Waals surface area contributed by atoms with Gasteiger partial charge in [0.15, 0.2) is 0 Å². The second-order valence-corrected chi connectivity index (χ2v) is 20.8. The molecule has 1 aliphatic carbocycles. The van der Waals surface area contributed by atoms with Gasteiger partial charge in [-0.1, -0.05) is 36.4 Å². The van der Waals surface area contributed by atoms with E-state index in [1.165, 1.54) is 10.0 Å². The SMILES string of the molecule is O=C=C1C=CC([PH+](c2ccccc2)c2ccccc2)C(=C=O)C1=C=O.[CH3][Sn]([CH2]C(C)(C)c1ccccc1)[c]1ccccc1. The quantitative estimate of drug-likeness (QED) is 0.135. The molecule has 0 fully saturated rings. The molecule has 4 aromatic carbocycles. The maximum atomic E-state index is 11.6. The van der Waals surface area contributed by atoms with Crippen LogP contribution in [0.5, 0.6) is 0 Å². The van der Waals surface area contributed by atoms with E-state index < -0.39 is 27.7 Å². The van der Waals surface area contributed by atoms with Crippen LogP contribution in [0.25, 0.3) is 0 Å². The number of allylic oxidation sites excluding steroid dienone is 5. The van der Waals surface area contributed by atoms with E-state index in [4.69, 9.17) is 0 Å². The molecule has 0 saturated carbocycles. The minimum absolute atomic E-state index is 0.0353. The van der Waals surface area contributed by atoms with E-state index in [-0.39, 0.29) is 22.4 Å². The van der Waals surface area contributed by atoms with Crippen molar-refractivity contribution < 1.29 is 14.4 Å². The summed E-state index contributed by atoms with van der Waals surface area (Å²) < 4.78 is 2.99. The van der Waals surface area contributed by atoms with Crippen molar-refractivity contribution >= 4 is 59.7 Å². The molecular weight excluding hydrogens is 654 g/mol. The van der Waals surface area contributed by atoms with Crippen LogP contribution in [0.2, 0.25) is 9.38 Å². The molecule has 3 nitrogen and oxygen atoms in total. The Morgan fingerprint density at radius 3 is 1.63 bits per heavy atom. The second kappa shape index (κ2) is 15.6. The van der Waals surface area contributed by atoms with Crippen LogP contribution in [0, 0.1) is 0 Å². The molecule has 0 spiro atoms. The van der Waals surface area contributed by atoms with Crippen molar-refractivity contribution in [3.8, 4) is 0 Å². The fraction of sp³-hybridized carbons (Fsp3) is 0.158. The first-order chi connectivity index (χ1) is 20.9. The Morgan fingerprint density at radius 1 is 0.674 bits per heavy atom. The van der Waals surface area contributed by atoms with Gasteiger partial charge in [-0.3, -0.25) is 0 Å². The molecule has 0 saturated heterocycles. The second-order valence-electron chi connectivity index (χ2n) is 11.1. The minimum atomic E-state index is -1.46. The Kier molecular flexibility index (Phi) is 11.7. The molecule has 0 N–H and O–H groups in total. The van der Waals surface area contributed by atoms with Gasteiger partial charge in [-0.25, -0.2) is 14.4 Å². The first kappa shape index (κ1) is 32.1. The zero-order valence-electron chi connectivity index (χ0n) is 24.7. The number of rotatable bonds is 7. The number of carbonyl (C=O) groups excluding carboxylic acids is 3. The number of hydrogen-bond donors (Lipinski definition) is 0. The summed E-state index contributed by atoms with van der Waals surface area (Å²) in [6, 6.07) is 41.8. The van der Waals surface area contributed by atoms with E-state index in [2.05, 4.69) is 79.5 Å². The molecule has 1 radical (unpaired) electrons. The number of hydrogen-bond acceptors (Lipinski definition) is 3. The van der Waals surface area contributed by atoms with Crippen LogP contribution in [0.15, 0.2) is 150 Å². The Hall–Kier alpha value is -3.80. The molecule has 1 atom stereocenters. The molecule has 5 heteroatoms. The van der Waals surface area contributed by atoms with E-state index in [9.17, 15) is 14.4 Å². The van der Waals surface area contributed by atoms with Crippen molar-refractivity contribution in [1.29, 1.82) is 0 Å². The van der Waals surface area contributed by atoms with Crippen LogP contribution >= 0.6 is 7.92 Å². The van der Waals surface area contributed by atoms with Crippen molar-refractivity contribution in [1.82, 2.24) is 0 Å². The molecule has 5 rings (SSSR count). The predicted molar refractivity (Wildman–Crippen MR) is 183 cm³/mol. The van der Waals surface area contributed by atoms with E-state index in [1.807, 2.05) is 66.6 Å². The van der Waals surface area contributed by atoms with Crippen LogP contribution in [0.1, 0.15) is 19.4 Å². The standard InChI is InChI=1S/C21H13O3P.C10H13.C6H5.CH3.Sn/c22-13-16-11-12-21(20(15-24)19(16)14-23)25(17-7-3-1-4-8-17)18-9-5-2-6-10-18;1-10(2,3)9-7-5-4-6-8-9;1-2-4-6-5-3-1;;/h1-12,21H;4-8H,1H2,2-3H3;1-5H;1H3;/p+1. The van der Waals surface area contributed by atoms with Crippen molar-refractivity contribution in [2.45, 2.75) is 34.3 Å². The summed E-state index contributed by atoms with van der Waals surface area (Å²) in [6.07, 6.45) is 3.35. The van der Waals surface area contributed by atoms with E-state index >= 15 is 0 Å². The van der Waals surface area contributed by atoms with Crippen molar-refractivity contribution in [3.05, 3.63) is 156 Å². The maximum absolute atomic E-state index is 11.6. The van der Waals surface area contributed by atoms with Crippen LogP contribution in [-0.2, 0) is 19.8 Å². The van der Waals surface area contributed by atoms with Gasteiger partial charge in [0.05, 0.1) is 29.7 Å². The van der Waals surface area contributed by atoms with Gasteiger partial charge in [-0.2, -0.15) is 0 Å². The monoisotopic (exact) mass is 690 g/mol. The van der Waals surface area contributed by atoms with Gasteiger partial charge in [0.2, 0.25) is 0 Å². The van der Waals surface area contributed by atoms with Crippen LogP contribution in [-0.4, -0.2) is 43.2 Å². The molecule has 1 unspecified atom stereocenters. The average molecular weight is 689 g/mol. The van der Waals surface area contributed by atoms with Gasteiger partial charge in [0.1, 0.15) is 29.1 Å². The van der Waals surface area contributed by atoms with Gasteiger partial charge in [-0.15, -0.1) is 0 Å². The van der Waals surface area contributed by atoms with Crippen molar-refractivity contribution in [3.63, 3.8) is 0 Å². The van der Waals surface area contributed by atoms with Gasteiger partial charge < -0.3 is 0 Å². The van der Waals surface area contributed by atoms with Gasteiger partial charge >= 0.3 is 118 Å². The van der Waals surface area contributed by atoms with Crippen molar-refractivity contribution in [2.24, 2.45) is 0 Å². The normalized spacial score (nSPS) is 14.4. The molecule has 0 aliphatic heterocycles.